The molecule has 1 amide bonds. The van der Waals surface area contributed by atoms with E-state index in [0.29, 0.717) is 5.92 Å². The van der Waals surface area contributed by atoms with Gasteiger partial charge in [0.05, 0.1) is 6.61 Å². The second-order valence-electron chi connectivity index (χ2n) is 6.97. The van der Waals surface area contributed by atoms with Gasteiger partial charge in [-0.2, -0.15) is 0 Å². The van der Waals surface area contributed by atoms with Crippen LogP contribution in [0.2, 0.25) is 0 Å². The number of carbonyl (C=O) groups excluding carboxylic acids is 1. The summed E-state index contributed by atoms with van der Waals surface area (Å²) in [6.45, 7) is 8.20. The van der Waals surface area contributed by atoms with Crippen molar-refractivity contribution in [3.05, 3.63) is 24.3 Å². The Hall–Kier alpha value is -1.55. The number of ether oxygens (including phenoxy) is 2. The summed E-state index contributed by atoms with van der Waals surface area (Å²) in [5.74, 6) is 1.54. The van der Waals surface area contributed by atoms with E-state index in [1.807, 2.05) is 52.1 Å². The fraction of sp³-hybridized carbons (Fsp3) is 0.611. The molecule has 0 saturated carbocycles. The highest BCUT2D eigenvalue weighted by molar-refractivity contribution is 5.96. The molecule has 0 spiro atoms. The van der Waals surface area contributed by atoms with Gasteiger partial charge < -0.3 is 14.4 Å². The van der Waals surface area contributed by atoms with Crippen molar-refractivity contribution in [1.82, 2.24) is 0 Å². The van der Waals surface area contributed by atoms with Crippen molar-refractivity contribution in [2.24, 2.45) is 11.3 Å². The number of rotatable bonds is 4. The lowest BCUT2D eigenvalue weighted by Crippen LogP contribution is -2.36. The molecule has 1 aromatic rings. The highest BCUT2D eigenvalue weighted by atomic mass is 16.5. The van der Waals surface area contributed by atoms with E-state index in [9.17, 15) is 4.79 Å². The van der Waals surface area contributed by atoms with Crippen LogP contribution in [0.25, 0.3) is 0 Å². The van der Waals surface area contributed by atoms with Crippen LogP contribution in [0.1, 0.15) is 33.6 Å². The quantitative estimate of drug-likeness (QED) is 0.854. The molecule has 0 unspecified atom stereocenters. The van der Waals surface area contributed by atoms with Gasteiger partial charge in [-0.05, 0) is 43.0 Å². The van der Waals surface area contributed by atoms with Crippen molar-refractivity contribution in [1.29, 1.82) is 0 Å². The smallest absolute Gasteiger partial charge is 0.232 e. The van der Waals surface area contributed by atoms with Gasteiger partial charge >= 0.3 is 0 Å². The molecule has 4 heteroatoms. The molecule has 1 fully saturated rings. The molecular weight excluding hydrogens is 278 g/mol. The maximum Gasteiger partial charge on any atom is 0.232 e. The summed E-state index contributed by atoms with van der Waals surface area (Å²) in [6.07, 6.45) is 2.14. The number of carbonyl (C=O) groups is 1. The van der Waals surface area contributed by atoms with Gasteiger partial charge in [0.15, 0.2) is 0 Å². The summed E-state index contributed by atoms with van der Waals surface area (Å²) in [7, 11) is 1.81. The minimum absolute atomic E-state index is 0.100. The zero-order valence-corrected chi connectivity index (χ0v) is 14.1. The second kappa shape index (κ2) is 7.14. The van der Waals surface area contributed by atoms with Crippen molar-refractivity contribution < 1.29 is 14.3 Å². The van der Waals surface area contributed by atoms with Crippen LogP contribution >= 0.6 is 0 Å². The molecule has 2 rings (SSSR count). The van der Waals surface area contributed by atoms with E-state index in [4.69, 9.17) is 9.47 Å². The number of benzene rings is 1. The third kappa shape index (κ3) is 4.47. The van der Waals surface area contributed by atoms with Gasteiger partial charge in [0.25, 0.3) is 0 Å². The van der Waals surface area contributed by atoms with E-state index >= 15 is 0 Å². The Kier molecular flexibility index (Phi) is 5.46. The molecule has 1 aromatic carbocycles. The zero-order valence-electron chi connectivity index (χ0n) is 14.1. The standard InChI is InChI=1S/C18H27NO3/c1-18(2,3)17(20)19(4)15-5-7-16(8-6-15)22-13-14-9-11-21-12-10-14/h5-8,14H,9-13H2,1-4H3. The first-order valence-electron chi connectivity index (χ1n) is 7.96. The topological polar surface area (TPSA) is 38.8 Å². The molecule has 1 saturated heterocycles. The Morgan fingerprint density at radius 2 is 1.82 bits per heavy atom. The van der Waals surface area contributed by atoms with Gasteiger partial charge in [0.2, 0.25) is 5.91 Å². The number of hydrogen-bond acceptors (Lipinski definition) is 3. The van der Waals surface area contributed by atoms with E-state index in [0.717, 1.165) is 44.1 Å². The van der Waals surface area contributed by atoms with Crippen LogP contribution in [0.5, 0.6) is 5.75 Å². The van der Waals surface area contributed by atoms with Crippen molar-refractivity contribution in [3.8, 4) is 5.75 Å². The van der Waals surface area contributed by atoms with Crippen molar-refractivity contribution >= 4 is 11.6 Å². The Morgan fingerprint density at radius 1 is 1.23 bits per heavy atom. The minimum Gasteiger partial charge on any atom is -0.493 e. The molecule has 0 aromatic heterocycles. The average Bonchev–Trinajstić information content (AvgIpc) is 2.52. The minimum atomic E-state index is -0.382. The molecule has 0 N–H and O–H groups in total. The third-order valence-corrected chi connectivity index (χ3v) is 4.00. The average molecular weight is 305 g/mol. The summed E-state index contributed by atoms with van der Waals surface area (Å²) in [5.41, 5.74) is 0.505. The first-order chi connectivity index (χ1) is 10.4. The van der Waals surface area contributed by atoms with Crippen LogP contribution in [0.15, 0.2) is 24.3 Å². The van der Waals surface area contributed by atoms with E-state index < -0.39 is 0 Å². The highest BCUT2D eigenvalue weighted by Crippen LogP contribution is 2.24. The number of hydrogen-bond donors (Lipinski definition) is 0. The molecule has 1 aliphatic heterocycles. The first-order valence-corrected chi connectivity index (χ1v) is 7.96. The second-order valence-corrected chi connectivity index (χ2v) is 6.97. The fourth-order valence-electron chi connectivity index (χ4n) is 2.51. The van der Waals surface area contributed by atoms with Gasteiger partial charge in [-0.15, -0.1) is 0 Å². The largest absolute Gasteiger partial charge is 0.493 e. The fourth-order valence-corrected chi connectivity index (χ4v) is 2.51. The van der Waals surface area contributed by atoms with Gasteiger partial charge in [0, 0.05) is 31.4 Å². The van der Waals surface area contributed by atoms with Crippen LogP contribution in [-0.2, 0) is 9.53 Å². The SMILES string of the molecule is CN(C(=O)C(C)(C)C)c1ccc(OCC2CCOCC2)cc1. The maximum absolute atomic E-state index is 12.3. The van der Waals surface area contributed by atoms with Crippen LogP contribution in [0.4, 0.5) is 5.69 Å². The molecule has 0 bridgehead atoms. The molecule has 0 atom stereocenters. The Balaban J connectivity index is 1.91. The van der Waals surface area contributed by atoms with Crippen LogP contribution in [0, 0.1) is 11.3 Å². The Labute approximate surface area is 133 Å². The lowest BCUT2D eigenvalue weighted by atomic mass is 9.95. The number of amides is 1. The van der Waals surface area contributed by atoms with Crippen molar-refractivity contribution in [3.63, 3.8) is 0 Å². The summed E-state index contributed by atoms with van der Waals surface area (Å²) in [5, 5.41) is 0. The third-order valence-electron chi connectivity index (χ3n) is 4.00. The summed E-state index contributed by atoms with van der Waals surface area (Å²) < 4.78 is 11.2. The number of anilines is 1. The lowest BCUT2D eigenvalue weighted by molar-refractivity contribution is -0.125. The van der Waals surface area contributed by atoms with Crippen molar-refractivity contribution in [2.75, 3.05) is 31.8 Å². The maximum atomic E-state index is 12.3. The van der Waals surface area contributed by atoms with E-state index in [1.54, 1.807) is 4.90 Å². The zero-order chi connectivity index (χ0) is 16.2. The van der Waals surface area contributed by atoms with Gasteiger partial charge in [0.1, 0.15) is 5.75 Å². The summed E-state index contributed by atoms with van der Waals surface area (Å²) >= 11 is 0. The van der Waals surface area contributed by atoms with Crippen LogP contribution in [-0.4, -0.2) is 32.8 Å². The molecule has 0 radical (unpaired) electrons. The molecule has 22 heavy (non-hydrogen) atoms. The number of nitrogens with zero attached hydrogens (tertiary/aromatic N) is 1. The molecule has 0 aliphatic carbocycles. The van der Waals surface area contributed by atoms with Gasteiger partial charge in [-0.1, -0.05) is 20.8 Å². The lowest BCUT2D eigenvalue weighted by Gasteiger charge is -2.26. The molecular formula is C18H27NO3. The summed E-state index contributed by atoms with van der Waals surface area (Å²) in [4.78, 5) is 14.0. The Bertz CT molecular complexity index is 484. The van der Waals surface area contributed by atoms with Crippen molar-refractivity contribution in [2.45, 2.75) is 33.6 Å². The molecule has 1 heterocycles. The Morgan fingerprint density at radius 3 is 2.36 bits per heavy atom. The molecule has 122 valence electrons. The van der Waals surface area contributed by atoms with Crippen LogP contribution in [0.3, 0.4) is 0 Å². The van der Waals surface area contributed by atoms with E-state index in [-0.39, 0.29) is 11.3 Å². The predicted octanol–water partition coefficient (Wildman–Crippen LogP) is 3.50. The first kappa shape index (κ1) is 16.8. The van der Waals surface area contributed by atoms with E-state index in [1.165, 1.54) is 0 Å². The highest BCUT2D eigenvalue weighted by Gasteiger charge is 2.25. The molecule has 4 nitrogen and oxygen atoms in total. The van der Waals surface area contributed by atoms with Crippen LogP contribution < -0.4 is 9.64 Å². The van der Waals surface area contributed by atoms with Gasteiger partial charge in [-0.3, -0.25) is 4.79 Å². The van der Waals surface area contributed by atoms with Gasteiger partial charge in [-0.25, -0.2) is 0 Å². The van der Waals surface area contributed by atoms with E-state index in [2.05, 4.69) is 0 Å². The monoisotopic (exact) mass is 305 g/mol. The molecule has 1 aliphatic rings. The normalized spacial score (nSPS) is 16.4. The summed E-state index contributed by atoms with van der Waals surface area (Å²) in [6, 6.07) is 7.73. The predicted molar refractivity (Wildman–Crippen MR) is 88.3 cm³/mol.